The summed E-state index contributed by atoms with van der Waals surface area (Å²) in [6.45, 7) is 0.602. The summed E-state index contributed by atoms with van der Waals surface area (Å²) in [5.74, 6) is 0.990. The minimum Gasteiger partial charge on any atom is -0.362 e. The minimum atomic E-state index is 0.602. The summed E-state index contributed by atoms with van der Waals surface area (Å²) in [5.41, 5.74) is 3.33. The summed E-state index contributed by atoms with van der Waals surface area (Å²) < 4.78 is 0. The van der Waals surface area contributed by atoms with Gasteiger partial charge in [-0.1, -0.05) is 29.8 Å². The Morgan fingerprint density at radius 2 is 1.85 bits per heavy atom. The minimum absolute atomic E-state index is 0.602. The maximum Gasteiger partial charge on any atom is 0.134 e. The Kier molecular flexibility index (Phi) is 3.36. The van der Waals surface area contributed by atoms with Gasteiger partial charge in [0, 0.05) is 30.4 Å². The van der Waals surface area contributed by atoms with Gasteiger partial charge in [0.15, 0.2) is 0 Å². The molecule has 0 saturated heterocycles. The Balaban J connectivity index is 2.13. The number of anilines is 2. The summed E-state index contributed by atoms with van der Waals surface area (Å²) in [6, 6.07) is 16.2. The molecule has 3 rings (SSSR count). The van der Waals surface area contributed by atoms with E-state index in [0.29, 0.717) is 6.67 Å². The van der Waals surface area contributed by atoms with Crippen molar-refractivity contribution in [2.75, 3.05) is 25.7 Å². The third-order valence-corrected chi connectivity index (χ3v) is 3.58. The standard InChI is InChI=1S/C16H16ClN3/c1-19(2)16-14-9-8-12(17)10-15(14)20(11-18-16)13-6-4-3-5-7-13/h3-10H,11H2,1-2H3. The first kappa shape index (κ1) is 13.0. The fourth-order valence-corrected chi connectivity index (χ4v) is 2.59. The van der Waals surface area contributed by atoms with Gasteiger partial charge in [0.25, 0.3) is 0 Å². The Labute approximate surface area is 124 Å². The first-order chi connectivity index (χ1) is 9.66. The molecular weight excluding hydrogens is 270 g/mol. The molecule has 0 amide bonds. The van der Waals surface area contributed by atoms with Crippen LogP contribution in [-0.2, 0) is 0 Å². The number of aliphatic imine (C=N–C) groups is 1. The van der Waals surface area contributed by atoms with Gasteiger partial charge in [-0.05, 0) is 30.3 Å². The molecule has 0 fully saturated rings. The van der Waals surface area contributed by atoms with Crippen molar-refractivity contribution < 1.29 is 0 Å². The number of benzene rings is 2. The Bertz CT molecular complexity index is 650. The molecule has 3 nitrogen and oxygen atoms in total. The van der Waals surface area contributed by atoms with Crippen LogP contribution in [0.25, 0.3) is 0 Å². The molecule has 0 radical (unpaired) electrons. The average molecular weight is 286 g/mol. The summed E-state index contributed by atoms with van der Waals surface area (Å²) in [7, 11) is 4.02. The van der Waals surface area contributed by atoms with Gasteiger partial charge in [0.1, 0.15) is 12.5 Å². The van der Waals surface area contributed by atoms with E-state index < -0.39 is 0 Å². The SMILES string of the molecule is CN(C)C1=NCN(c2ccccc2)c2cc(Cl)ccc21. The van der Waals surface area contributed by atoms with Crippen molar-refractivity contribution in [3.05, 3.63) is 59.1 Å². The molecule has 0 atom stereocenters. The third-order valence-electron chi connectivity index (χ3n) is 3.34. The lowest BCUT2D eigenvalue weighted by Crippen LogP contribution is -2.32. The van der Waals surface area contributed by atoms with Crippen molar-refractivity contribution in [2.24, 2.45) is 4.99 Å². The van der Waals surface area contributed by atoms with Gasteiger partial charge in [0.05, 0.1) is 5.69 Å². The van der Waals surface area contributed by atoms with Crippen molar-refractivity contribution in [1.29, 1.82) is 0 Å². The van der Waals surface area contributed by atoms with Gasteiger partial charge in [-0.2, -0.15) is 0 Å². The number of nitrogens with zero attached hydrogens (tertiary/aromatic N) is 3. The predicted molar refractivity (Wildman–Crippen MR) is 85.1 cm³/mol. The third kappa shape index (κ3) is 2.25. The van der Waals surface area contributed by atoms with Crippen LogP contribution < -0.4 is 4.90 Å². The summed E-state index contributed by atoms with van der Waals surface area (Å²) >= 11 is 6.18. The van der Waals surface area contributed by atoms with E-state index in [1.165, 1.54) is 0 Å². The number of para-hydroxylation sites is 1. The number of hydrogen-bond donors (Lipinski definition) is 0. The normalized spacial score (nSPS) is 13.8. The number of hydrogen-bond acceptors (Lipinski definition) is 3. The van der Waals surface area contributed by atoms with Crippen molar-refractivity contribution in [1.82, 2.24) is 4.90 Å². The maximum absolute atomic E-state index is 6.18. The maximum atomic E-state index is 6.18. The first-order valence-electron chi connectivity index (χ1n) is 6.51. The van der Waals surface area contributed by atoms with Crippen LogP contribution in [-0.4, -0.2) is 31.5 Å². The van der Waals surface area contributed by atoms with Crippen molar-refractivity contribution >= 4 is 28.8 Å². The number of rotatable bonds is 1. The fraction of sp³-hybridized carbons (Fsp3) is 0.188. The second-order valence-corrected chi connectivity index (χ2v) is 5.38. The number of fused-ring (bicyclic) bond motifs is 1. The van der Waals surface area contributed by atoms with E-state index in [2.05, 4.69) is 22.0 Å². The molecule has 2 aromatic rings. The van der Waals surface area contributed by atoms with Crippen LogP contribution in [0.15, 0.2) is 53.5 Å². The van der Waals surface area contributed by atoms with E-state index in [-0.39, 0.29) is 0 Å². The van der Waals surface area contributed by atoms with Crippen LogP contribution in [0.3, 0.4) is 0 Å². The topological polar surface area (TPSA) is 18.8 Å². The van der Waals surface area contributed by atoms with Gasteiger partial charge >= 0.3 is 0 Å². The molecule has 0 aliphatic carbocycles. The van der Waals surface area contributed by atoms with E-state index in [4.69, 9.17) is 11.6 Å². The Hall–Kier alpha value is -2.00. The van der Waals surface area contributed by atoms with E-state index in [1.807, 2.05) is 55.4 Å². The summed E-state index contributed by atoms with van der Waals surface area (Å²) in [4.78, 5) is 8.89. The van der Waals surface area contributed by atoms with Crippen LogP contribution in [0, 0.1) is 0 Å². The largest absolute Gasteiger partial charge is 0.362 e. The lowest BCUT2D eigenvalue weighted by Gasteiger charge is -2.32. The first-order valence-corrected chi connectivity index (χ1v) is 6.89. The van der Waals surface area contributed by atoms with Crippen molar-refractivity contribution in [3.63, 3.8) is 0 Å². The molecule has 1 heterocycles. The van der Waals surface area contributed by atoms with E-state index >= 15 is 0 Å². The second kappa shape index (κ2) is 5.17. The fourth-order valence-electron chi connectivity index (χ4n) is 2.43. The molecule has 1 aliphatic heterocycles. The van der Waals surface area contributed by atoms with E-state index in [1.54, 1.807) is 0 Å². The molecule has 0 N–H and O–H groups in total. The molecule has 102 valence electrons. The molecule has 1 aliphatic rings. The molecule has 0 spiro atoms. The van der Waals surface area contributed by atoms with Gasteiger partial charge in [-0.25, -0.2) is 4.99 Å². The van der Waals surface area contributed by atoms with Crippen LogP contribution >= 0.6 is 11.6 Å². The van der Waals surface area contributed by atoms with E-state index in [9.17, 15) is 0 Å². The average Bonchev–Trinajstić information content (AvgIpc) is 2.46. The zero-order valence-electron chi connectivity index (χ0n) is 11.5. The number of amidine groups is 1. The highest BCUT2D eigenvalue weighted by atomic mass is 35.5. The van der Waals surface area contributed by atoms with E-state index in [0.717, 1.165) is 27.8 Å². The summed E-state index contributed by atoms with van der Waals surface area (Å²) in [6.07, 6.45) is 0. The Morgan fingerprint density at radius 1 is 1.10 bits per heavy atom. The highest BCUT2D eigenvalue weighted by Gasteiger charge is 2.22. The van der Waals surface area contributed by atoms with Gasteiger partial charge in [0.2, 0.25) is 0 Å². The predicted octanol–water partition coefficient (Wildman–Crippen LogP) is 3.76. The number of halogens is 1. The van der Waals surface area contributed by atoms with Crippen LogP contribution in [0.4, 0.5) is 11.4 Å². The smallest absolute Gasteiger partial charge is 0.134 e. The zero-order chi connectivity index (χ0) is 14.1. The zero-order valence-corrected chi connectivity index (χ0v) is 12.3. The molecule has 0 aromatic heterocycles. The molecule has 0 saturated carbocycles. The molecule has 20 heavy (non-hydrogen) atoms. The Morgan fingerprint density at radius 3 is 2.55 bits per heavy atom. The van der Waals surface area contributed by atoms with Crippen LogP contribution in [0.2, 0.25) is 5.02 Å². The second-order valence-electron chi connectivity index (χ2n) is 4.94. The van der Waals surface area contributed by atoms with Crippen LogP contribution in [0.5, 0.6) is 0 Å². The van der Waals surface area contributed by atoms with Gasteiger partial charge in [-0.3, -0.25) is 0 Å². The molecule has 0 unspecified atom stereocenters. The van der Waals surface area contributed by atoms with Crippen molar-refractivity contribution in [2.45, 2.75) is 0 Å². The molecule has 0 bridgehead atoms. The molecular formula is C16H16ClN3. The molecule has 4 heteroatoms. The lowest BCUT2D eigenvalue weighted by molar-refractivity contribution is 0.616. The summed E-state index contributed by atoms with van der Waals surface area (Å²) in [5, 5.41) is 0.740. The van der Waals surface area contributed by atoms with Crippen LogP contribution in [0.1, 0.15) is 5.56 Å². The van der Waals surface area contributed by atoms with Gasteiger partial charge < -0.3 is 9.80 Å². The highest BCUT2D eigenvalue weighted by Crippen LogP contribution is 2.34. The van der Waals surface area contributed by atoms with Crippen molar-refractivity contribution in [3.8, 4) is 0 Å². The lowest BCUT2D eigenvalue weighted by atomic mass is 10.1. The quantitative estimate of drug-likeness (QED) is 0.794. The monoisotopic (exact) mass is 285 g/mol. The van der Waals surface area contributed by atoms with Gasteiger partial charge in [-0.15, -0.1) is 0 Å². The molecule has 2 aromatic carbocycles. The highest BCUT2D eigenvalue weighted by molar-refractivity contribution is 6.31.